The minimum atomic E-state index is 0.696. The Balaban J connectivity index is 2.30. The number of hydrogen-bond donors (Lipinski definition) is 1. The molecule has 0 aliphatic rings. The molecule has 0 radical (unpaired) electrons. The molecule has 2 rings (SSSR count). The number of benzene rings is 1. The van der Waals surface area contributed by atoms with E-state index in [1.54, 1.807) is 10.9 Å². The summed E-state index contributed by atoms with van der Waals surface area (Å²) in [6, 6.07) is 8.07. The van der Waals surface area contributed by atoms with E-state index in [4.69, 9.17) is 5.73 Å². The summed E-state index contributed by atoms with van der Waals surface area (Å²) in [5, 5.41) is 4.22. The number of halogens is 1. The second kappa shape index (κ2) is 4.06. The average molecular weight is 266 g/mol. The van der Waals surface area contributed by atoms with Gasteiger partial charge in [-0.25, -0.2) is 4.68 Å². The van der Waals surface area contributed by atoms with Gasteiger partial charge in [0.25, 0.3) is 0 Å². The monoisotopic (exact) mass is 265 g/mol. The van der Waals surface area contributed by atoms with Gasteiger partial charge >= 0.3 is 0 Å². The summed E-state index contributed by atoms with van der Waals surface area (Å²) in [5.41, 5.74) is 8.07. The Labute approximate surface area is 97.0 Å². The van der Waals surface area contributed by atoms with E-state index in [0.29, 0.717) is 6.54 Å². The Hall–Kier alpha value is -1.29. The topological polar surface area (TPSA) is 43.8 Å². The number of anilines is 1. The number of aryl methyl sites for hydroxylation is 1. The molecule has 0 aliphatic carbocycles. The summed E-state index contributed by atoms with van der Waals surface area (Å²) in [6.07, 6.45) is 1.78. The summed E-state index contributed by atoms with van der Waals surface area (Å²) < 4.78 is 2.88. The van der Waals surface area contributed by atoms with E-state index >= 15 is 0 Å². The lowest BCUT2D eigenvalue weighted by atomic mass is 10.2. The van der Waals surface area contributed by atoms with Gasteiger partial charge in [0.15, 0.2) is 0 Å². The molecule has 0 saturated carbocycles. The van der Waals surface area contributed by atoms with Crippen LogP contribution in [0.25, 0.3) is 0 Å². The van der Waals surface area contributed by atoms with Crippen molar-refractivity contribution < 1.29 is 0 Å². The van der Waals surface area contributed by atoms with Gasteiger partial charge in [-0.3, -0.25) is 0 Å². The first-order valence-electron chi connectivity index (χ1n) is 4.70. The van der Waals surface area contributed by atoms with Gasteiger partial charge in [-0.2, -0.15) is 5.10 Å². The fourth-order valence-corrected chi connectivity index (χ4v) is 1.81. The highest BCUT2D eigenvalue weighted by Crippen LogP contribution is 2.18. The molecule has 3 nitrogen and oxygen atoms in total. The first-order valence-corrected chi connectivity index (χ1v) is 5.49. The third-order valence-electron chi connectivity index (χ3n) is 2.35. The van der Waals surface area contributed by atoms with E-state index in [1.807, 2.05) is 25.1 Å². The van der Waals surface area contributed by atoms with Crippen LogP contribution in [0.4, 0.5) is 5.82 Å². The van der Waals surface area contributed by atoms with Gasteiger partial charge in [0, 0.05) is 10.0 Å². The van der Waals surface area contributed by atoms with Crippen molar-refractivity contribution in [3.05, 3.63) is 46.1 Å². The number of nitrogen functional groups attached to an aromatic ring is 1. The van der Waals surface area contributed by atoms with Crippen molar-refractivity contribution in [3.63, 3.8) is 0 Å². The molecule has 2 N–H and O–H groups in total. The molecule has 2 aromatic rings. The van der Waals surface area contributed by atoms with Gasteiger partial charge in [0.1, 0.15) is 5.82 Å². The van der Waals surface area contributed by atoms with Gasteiger partial charge < -0.3 is 5.73 Å². The fourth-order valence-electron chi connectivity index (χ4n) is 1.40. The van der Waals surface area contributed by atoms with Crippen molar-refractivity contribution in [3.8, 4) is 0 Å². The molecule has 1 aromatic carbocycles. The molecule has 78 valence electrons. The lowest BCUT2D eigenvalue weighted by Crippen LogP contribution is -2.06. The number of hydrogen-bond acceptors (Lipinski definition) is 2. The maximum Gasteiger partial charge on any atom is 0.124 e. The SMILES string of the molecule is Cc1cnn(Cc2ccccc2Br)c1N. The molecule has 0 atom stereocenters. The van der Waals surface area contributed by atoms with Crippen LogP contribution in [0.3, 0.4) is 0 Å². The van der Waals surface area contributed by atoms with E-state index in [1.165, 1.54) is 5.56 Å². The molecule has 15 heavy (non-hydrogen) atoms. The Morgan fingerprint density at radius 2 is 2.13 bits per heavy atom. The lowest BCUT2D eigenvalue weighted by Gasteiger charge is -2.06. The van der Waals surface area contributed by atoms with Crippen molar-refractivity contribution in [1.82, 2.24) is 9.78 Å². The first kappa shape index (κ1) is 10.2. The second-order valence-corrected chi connectivity index (χ2v) is 4.32. The van der Waals surface area contributed by atoms with Crippen LogP contribution < -0.4 is 5.73 Å². The molecule has 1 heterocycles. The quantitative estimate of drug-likeness (QED) is 0.907. The van der Waals surface area contributed by atoms with Crippen molar-refractivity contribution in [2.24, 2.45) is 0 Å². The Morgan fingerprint density at radius 1 is 1.40 bits per heavy atom. The lowest BCUT2D eigenvalue weighted by molar-refractivity contribution is 0.695. The number of nitrogens with zero attached hydrogens (tertiary/aromatic N) is 2. The number of rotatable bonds is 2. The van der Waals surface area contributed by atoms with Crippen LogP contribution in [0.15, 0.2) is 34.9 Å². The highest BCUT2D eigenvalue weighted by molar-refractivity contribution is 9.10. The first-order chi connectivity index (χ1) is 7.18. The maximum atomic E-state index is 5.89. The van der Waals surface area contributed by atoms with Gasteiger partial charge in [-0.05, 0) is 18.6 Å². The Kier molecular flexibility index (Phi) is 2.77. The molecule has 0 fully saturated rings. The van der Waals surface area contributed by atoms with Crippen LogP contribution in [0.1, 0.15) is 11.1 Å². The zero-order valence-corrected chi connectivity index (χ0v) is 10.0. The van der Waals surface area contributed by atoms with E-state index in [9.17, 15) is 0 Å². The third-order valence-corrected chi connectivity index (χ3v) is 3.12. The van der Waals surface area contributed by atoms with Crippen LogP contribution in [-0.4, -0.2) is 9.78 Å². The van der Waals surface area contributed by atoms with E-state index in [2.05, 4.69) is 27.1 Å². The standard InChI is InChI=1S/C11H12BrN3/c1-8-6-14-15(11(8)13)7-9-4-2-3-5-10(9)12/h2-6H,7,13H2,1H3. The molecular weight excluding hydrogens is 254 g/mol. The minimum absolute atomic E-state index is 0.696. The molecule has 4 heteroatoms. The van der Waals surface area contributed by atoms with Crippen molar-refractivity contribution in [2.75, 3.05) is 5.73 Å². The van der Waals surface area contributed by atoms with Crippen LogP contribution in [0.2, 0.25) is 0 Å². The normalized spacial score (nSPS) is 10.5. The maximum absolute atomic E-state index is 5.89. The smallest absolute Gasteiger partial charge is 0.124 e. The molecule has 0 aliphatic heterocycles. The molecular formula is C11H12BrN3. The number of aromatic nitrogens is 2. The molecule has 1 aromatic heterocycles. The van der Waals surface area contributed by atoms with Crippen LogP contribution in [0, 0.1) is 6.92 Å². The van der Waals surface area contributed by atoms with Crippen LogP contribution in [-0.2, 0) is 6.54 Å². The van der Waals surface area contributed by atoms with Crippen LogP contribution in [0.5, 0.6) is 0 Å². The predicted molar refractivity (Wildman–Crippen MR) is 64.6 cm³/mol. The summed E-state index contributed by atoms with van der Waals surface area (Å²) in [4.78, 5) is 0. The predicted octanol–water partition coefficient (Wildman–Crippen LogP) is 2.58. The molecule has 0 saturated heterocycles. The van der Waals surface area contributed by atoms with E-state index in [-0.39, 0.29) is 0 Å². The van der Waals surface area contributed by atoms with E-state index in [0.717, 1.165) is 15.9 Å². The molecule has 0 spiro atoms. The number of nitrogens with two attached hydrogens (primary N) is 1. The summed E-state index contributed by atoms with van der Waals surface area (Å²) in [5.74, 6) is 0.728. The van der Waals surface area contributed by atoms with Gasteiger partial charge in [-0.1, -0.05) is 34.1 Å². The van der Waals surface area contributed by atoms with Crippen LogP contribution >= 0.6 is 15.9 Å². The third kappa shape index (κ3) is 2.04. The highest BCUT2D eigenvalue weighted by atomic mass is 79.9. The summed E-state index contributed by atoms with van der Waals surface area (Å²) >= 11 is 3.50. The van der Waals surface area contributed by atoms with Gasteiger partial charge in [-0.15, -0.1) is 0 Å². The van der Waals surface area contributed by atoms with E-state index < -0.39 is 0 Å². The molecule has 0 unspecified atom stereocenters. The average Bonchev–Trinajstić information content (AvgIpc) is 2.53. The second-order valence-electron chi connectivity index (χ2n) is 3.46. The Bertz CT molecular complexity index is 476. The van der Waals surface area contributed by atoms with Crippen molar-refractivity contribution in [1.29, 1.82) is 0 Å². The van der Waals surface area contributed by atoms with Crippen molar-refractivity contribution in [2.45, 2.75) is 13.5 Å². The minimum Gasteiger partial charge on any atom is -0.384 e. The zero-order valence-electron chi connectivity index (χ0n) is 8.44. The summed E-state index contributed by atoms with van der Waals surface area (Å²) in [6.45, 7) is 2.65. The molecule has 0 bridgehead atoms. The van der Waals surface area contributed by atoms with Crippen molar-refractivity contribution >= 4 is 21.7 Å². The highest BCUT2D eigenvalue weighted by Gasteiger charge is 2.05. The van der Waals surface area contributed by atoms with Gasteiger partial charge in [0.05, 0.1) is 12.7 Å². The largest absolute Gasteiger partial charge is 0.384 e. The Morgan fingerprint density at radius 3 is 2.73 bits per heavy atom. The summed E-state index contributed by atoms with van der Waals surface area (Å²) in [7, 11) is 0. The van der Waals surface area contributed by atoms with Gasteiger partial charge in [0.2, 0.25) is 0 Å². The molecule has 0 amide bonds. The zero-order chi connectivity index (χ0) is 10.8. The fraction of sp³-hybridized carbons (Fsp3) is 0.182.